The van der Waals surface area contributed by atoms with Crippen LogP contribution < -0.4 is 4.74 Å². The maximum atomic E-state index is 14.3. The molecule has 1 N–H and O–H groups in total. The van der Waals surface area contributed by atoms with Crippen molar-refractivity contribution in [3.8, 4) is 17.1 Å². The van der Waals surface area contributed by atoms with Gasteiger partial charge in [-0.1, -0.05) is 11.6 Å². The molecule has 3 aromatic rings. The molecular weight excluding hydrogens is 486 g/mol. The number of alkyl halides is 3. The number of pyridine rings is 1. The lowest BCUT2D eigenvalue weighted by Crippen LogP contribution is -2.10. The lowest BCUT2D eigenvalue weighted by atomic mass is 10.1. The molecule has 170 valence electrons. The van der Waals surface area contributed by atoms with Crippen molar-refractivity contribution in [3.63, 3.8) is 0 Å². The fraction of sp³-hybridized carbons (Fsp3) is 0.211. The molecule has 32 heavy (non-hydrogen) atoms. The number of hydrogen-bond acceptors (Lipinski definition) is 5. The van der Waals surface area contributed by atoms with Gasteiger partial charge in [-0.05, 0) is 41.7 Å². The van der Waals surface area contributed by atoms with E-state index in [0.29, 0.717) is 0 Å². The summed E-state index contributed by atoms with van der Waals surface area (Å²) in [4.78, 5) is 13.0. The third kappa shape index (κ3) is 5.30. The van der Waals surface area contributed by atoms with E-state index in [1.807, 2.05) is 0 Å². The van der Waals surface area contributed by atoms with Crippen LogP contribution in [0, 0.1) is 17.5 Å². The van der Waals surface area contributed by atoms with Crippen molar-refractivity contribution >= 4 is 29.1 Å². The number of benzene rings is 1. The number of aliphatic carboxylic acids is 1. The van der Waals surface area contributed by atoms with Gasteiger partial charge in [-0.2, -0.15) is 17.5 Å². The van der Waals surface area contributed by atoms with Crippen LogP contribution in [0.2, 0.25) is 5.02 Å². The van der Waals surface area contributed by atoms with E-state index in [0.717, 1.165) is 24.4 Å². The number of aromatic nitrogens is 2. The molecule has 0 aliphatic rings. The van der Waals surface area contributed by atoms with Crippen LogP contribution >= 0.6 is 23.1 Å². The van der Waals surface area contributed by atoms with Crippen LogP contribution in [0.3, 0.4) is 0 Å². The third-order valence-corrected chi connectivity index (χ3v) is 5.27. The molecule has 2 aromatic heterocycles. The van der Waals surface area contributed by atoms with Crippen LogP contribution in [0.1, 0.15) is 22.4 Å². The zero-order valence-electron chi connectivity index (χ0n) is 15.6. The maximum Gasteiger partial charge on any atom is 0.427 e. The fourth-order valence-corrected chi connectivity index (χ4v) is 3.62. The summed E-state index contributed by atoms with van der Waals surface area (Å²) in [6, 6.07) is 2.47. The smallest absolute Gasteiger partial charge is 0.427 e. The predicted octanol–water partition coefficient (Wildman–Crippen LogP) is 5.89. The highest BCUT2D eigenvalue weighted by molar-refractivity contribution is 7.06. The van der Waals surface area contributed by atoms with Crippen molar-refractivity contribution in [3.05, 3.63) is 62.9 Å². The molecule has 0 unspecified atom stereocenters. The first-order valence-electron chi connectivity index (χ1n) is 8.67. The monoisotopic (exact) mass is 496 g/mol. The summed E-state index contributed by atoms with van der Waals surface area (Å²) in [7, 11) is 0. The zero-order valence-corrected chi connectivity index (χ0v) is 17.2. The number of nitrogens with zero attached hydrogens (tertiary/aromatic N) is 2. The number of rotatable bonds is 7. The van der Waals surface area contributed by atoms with Crippen LogP contribution in [-0.2, 0) is 24.0 Å². The lowest BCUT2D eigenvalue weighted by Gasteiger charge is -2.13. The van der Waals surface area contributed by atoms with Gasteiger partial charge in [0.2, 0.25) is 0 Å². The van der Waals surface area contributed by atoms with E-state index in [1.54, 1.807) is 0 Å². The van der Waals surface area contributed by atoms with Gasteiger partial charge in [0.1, 0.15) is 22.9 Å². The standard InChI is InChI=1S/C19H11ClF6N2O3S/c20-9-5-11(21)16(27-6-9)15-10(18(32-28-15)19(24,25)26)7-31-17-12(22)3-8(4-13(17)23)1-2-14(29)30/h3-6H,1-2,7H2,(H,29,30). The summed E-state index contributed by atoms with van der Waals surface area (Å²) in [5, 5.41) is 8.56. The predicted molar refractivity (Wildman–Crippen MR) is 102 cm³/mol. The highest BCUT2D eigenvalue weighted by Gasteiger charge is 2.38. The van der Waals surface area contributed by atoms with Crippen molar-refractivity contribution < 1.29 is 41.0 Å². The van der Waals surface area contributed by atoms with E-state index < -0.39 is 63.8 Å². The second-order valence-electron chi connectivity index (χ2n) is 6.39. The minimum atomic E-state index is -4.89. The van der Waals surface area contributed by atoms with E-state index in [2.05, 4.69) is 9.36 Å². The van der Waals surface area contributed by atoms with Gasteiger partial charge < -0.3 is 9.84 Å². The Kier molecular flexibility index (Phi) is 6.94. The maximum absolute atomic E-state index is 14.3. The van der Waals surface area contributed by atoms with Crippen molar-refractivity contribution in [1.82, 2.24) is 9.36 Å². The SMILES string of the molecule is O=C(O)CCc1cc(F)c(OCc2c(-c3ncc(Cl)cc3F)nsc2C(F)(F)F)c(F)c1. The molecular formula is C19H11ClF6N2O3S. The molecule has 0 radical (unpaired) electrons. The van der Waals surface area contributed by atoms with Crippen molar-refractivity contribution in [1.29, 1.82) is 0 Å². The van der Waals surface area contributed by atoms with Gasteiger partial charge in [0.15, 0.2) is 23.2 Å². The Labute approximate surface area is 185 Å². The van der Waals surface area contributed by atoms with Gasteiger partial charge >= 0.3 is 12.1 Å². The van der Waals surface area contributed by atoms with Gasteiger partial charge in [0, 0.05) is 18.2 Å². The van der Waals surface area contributed by atoms with Crippen LogP contribution in [0.15, 0.2) is 24.4 Å². The number of hydrogen-bond donors (Lipinski definition) is 1. The van der Waals surface area contributed by atoms with Gasteiger partial charge in [0.25, 0.3) is 0 Å². The average Bonchev–Trinajstić information content (AvgIpc) is 3.10. The minimum absolute atomic E-state index is 0.00837. The Morgan fingerprint density at radius 1 is 1.09 bits per heavy atom. The Balaban J connectivity index is 1.95. The summed E-state index contributed by atoms with van der Waals surface area (Å²) in [5.41, 5.74) is -1.68. The van der Waals surface area contributed by atoms with Crippen LogP contribution in [0.5, 0.6) is 5.75 Å². The molecule has 0 spiro atoms. The van der Waals surface area contributed by atoms with Crippen LogP contribution in [0.25, 0.3) is 11.4 Å². The molecule has 0 amide bonds. The summed E-state index contributed by atoms with van der Waals surface area (Å²) >= 11 is 5.62. The topological polar surface area (TPSA) is 72.3 Å². The van der Waals surface area contributed by atoms with E-state index in [1.165, 1.54) is 0 Å². The van der Waals surface area contributed by atoms with Gasteiger partial charge in [-0.15, -0.1) is 0 Å². The van der Waals surface area contributed by atoms with Crippen molar-refractivity contribution in [2.75, 3.05) is 0 Å². The fourth-order valence-electron chi connectivity index (χ4n) is 2.73. The van der Waals surface area contributed by atoms with Crippen molar-refractivity contribution in [2.24, 2.45) is 0 Å². The molecule has 0 saturated carbocycles. The highest BCUT2D eigenvalue weighted by atomic mass is 35.5. The molecule has 1 aromatic carbocycles. The Morgan fingerprint density at radius 3 is 2.31 bits per heavy atom. The van der Waals surface area contributed by atoms with Crippen LogP contribution in [-0.4, -0.2) is 20.4 Å². The number of carboxylic acids is 1. The second-order valence-corrected chi connectivity index (χ2v) is 7.60. The molecule has 5 nitrogen and oxygen atoms in total. The third-order valence-electron chi connectivity index (χ3n) is 4.12. The molecule has 0 saturated heterocycles. The highest BCUT2D eigenvalue weighted by Crippen LogP contribution is 2.40. The summed E-state index contributed by atoms with van der Waals surface area (Å²) < 4.78 is 91.6. The van der Waals surface area contributed by atoms with Gasteiger partial charge in [0.05, 0.1) is 5.02 Å². The number of carbonyl (C=O) groups is 1. The molecule has 0 atom stereocenters. The molecule has 2 heterocycles. The zero-order chi connectivity index (χ0) is 23.6. The second kappa shape index (κ2) is 9.33. The number of ether oxygens (including phenoxy) is 1. The number of aryl methyl sites for hydroxylation is 1. The van der Waals surface area contributed by atoms with E-state index >= 15 is 0 Å². The number of halogens is 7. The lowest BCUT2D eigenvalue weighted by molar-refractivity contribution is -0.137. The Morgan fingerprint density at radius 2 is 1.75 bits per heavy atom. The summed E-state index contributed by atoms with van der Waals surface area (Å²) in [5.74, 6) is -5.66. The normalized spacial score (nSPS) is 11.6. The van der Waals surface area contributed by atoms with Crippen molar-refractivity contribution in [2.45, 2.75) is 25.6 Å². The summed E-state index contributed by atoms with van der Waals surface area (Å²) in [6.45, 7) is -0.993. The molecule has 0 aliphatic heterocycles. The van der Waals surface area contributed by atoms with Crippen LogP contribution in [0.4, 0.5) is 26.3 Å². The molecule has 13 heteroatoms. The first-order chi connectivity index (χ1) is 15.0. The first kappa shape index (κ1) is 23.8. The Bertz CT molecular complexity index is 1150. The molecule has 0 aliphatic carbocycles. The Hall–Kier alpha value is -2.86. The molecule has 0 bridgehead atoms. The quantitative estimate of drug-likeness (QED) is 0.413. The first-order valence-corrected chi connectivity index (χ1v) is 9.82. The number of carboxylic acid groups (broad SMARTS) is 1. The van der Waals surface area contributed by atoms with E-state index in [4.69, 9.17) is 21.4 Å². The van der Waals surface area contributed by atoms with Gasteiger partial charge in [-0.3, -0.25) is 4.79 Å². The van der Waals surface area contributed by atoms with E-state index in [9.17, 15) is 31.1 Å². The largest absolute Gasteiger partial charge is 0.483 e. The summed E-state index contributed by atoms with van der Waals surface area (Å²) in [6.07, 6.45) is -4.43. The molecule has 3 rings (SSSR count). The van der Waals surface area contributed by atoms with Gasteiger partial charge in [-0.25, -0.2) is 18.2 Å². The molecule has 0 fully saturated rings. The van der Waals surface area contributed by atoms with E-state index in [-0.39, 0.29) is 35.0 Å². The minimum Gasteiger partial charge on any atom is -0.483 e. The average molecular weight is 497 g/mol.